The van der Waals surface area contributed by atoms with E-state index < -0.39 is 0 Å². The Kier molecular flexibility index (Phi) is 5.02. The second-order valence-corrected chi connectivity index (χ2v) is 5.43. The highest BCUT2D eigenvalue weighted by Gasteiger charge is 2.15. The van der Waals surface area contributed by atoms with Gasteiger partial charge in [0, 0.05) is 26.2 Å². The molecule has 0 radical (unpaired) electrons. The van der Waals surface area contributed by atoms with Crippen molar-refractivity contribution >= 4 is 11.5 Å². The lowest BCUT2D eigenvalue weighted by molar-refractivity contribution is 0.284. The van der Waals surface area contributed by atoms with Crippen LogP contribution in [-0.2, 0) is 7.05 Å². The molecule has 5 heteroatoms. The minimum atomic E-state index is 0.352. The largest absolute Gasteiger partial charge is 0.394 e. The summed E-state index contributed by atoms with van der Waals surface area (Å²) in [5.74, 6) is 1.28. The molecule has 3 N–H and O–H groups in total. The van der Waals surface area contributed by atoms with Crippen molar-refractivity contribution in [1.82, 2.24) is 14.7 Å². The molecule has 0 atom stereocenters. The average molecular weight is 253 g/mol. The van der Waals surface area contributed by atoms with Crippen molar-refractivity contribution in [2.75, 3.05) is 31.2 Å². The lowest BCUT2D eigenvalue weighted by atomic mass is 10.1. The van der Waals surface area contributed by atoms with Gasteiger partial charge < -0.3 is 16.0 Å². The van der Waals surface area contributed by atoms with Gasteiger partial charge in [0.25, 0.3) is 0 Å². The maximum Gasteiger partial charge on any atom is 0.147 e. The lowest BCUT2D eigenvalue weighted by Gasteiger charge is -2.21. The highest BCUT2D eigenvalue weighted by atomic mass is 15.3. The van der Waals surface area contributed by atoms with Crippen molar-refractivity contribution in [2.24, 2.45) is 7.05 Å². The SMILES string of the molecule is CC(C)c1nn(C)c(NCCN(C)C(C)C)c1N. The number of rotatable bonds is 6. The average Bonchev–Trinajstić information content (AvgIpc) is 2.56. The summed E-state index contributed by atoms with van der Waals surface area (Å²) in [5, 5.41) is 7.83. The van der Waals surface area contributed by atoms with E-state index in [2.05, 4.69) is 50.1 Å². The first-order chi connectivity index (χ1) is 8.34. The van der Waals surface area contributed by atoms with E-state index in [9.17, 15) is 0 Å². The fourth-order valence-electron chi connectivity index (χ4n) is 1.81. The van der Waals surface area contributed by atoms with Gasteiger partial charge in [0.15, 0.2) is 0 Å². The number of nitrogens with two attached hydrogens (primary N) is 1. The van der Waals surface area contributed by atoms with Crippen molar-refractivity contribution in [2.45, 2.75) is 39.7 Å². The second kappa shape index (κ2) is 6.09. The van der Waals surface area contributed by atoms with E-state index in [-0.39, 0.29) is 0 Å². The van der Waals surface area contributed by atoms with Crippen LogP contribution in [0, 0.1) is 0 Å². The number of anilines is 2. The molecule has 104 valence electrons. The van der Waals surface area contributed by atoms with Crippen LogP contribution in [0.4, 0.5) is 11.5 Å². The highest BCUT2D eigenvalue weighted by molar-refractivity contribution is 5.65. The standard InChI is InChI=1S/C13H27N5/c1-9(2)12-11(14)13(18(6)16-12)15-7-8-17(5)10(3)4/h9-10,15H,7-8,14H2,1-6H3. The molecule has 0 aliphatic rings. The van der Waals surface area contributed by atoms with Crippen molar-refractivity contribution in [3.63, 3.8) is 0 Å². The number of nitrogens with one attached hydrogen (secondary N) is 1. The topological polar surface area (TPSA) is 59.1 Å². The molecule has 0 spiro atoms. The minimum Gasteiger partial charge on any atom is -0.394 e. The van der Waals surface area contributed by atoms with Crippen LogP contribution in [0.25, 0.3) is 0 Å². The number of likely N-dealkylation sites (N-methyl/N-ethyl adjacent to an activating group) is 1. The normalized spacial score (nSPS) is 11.8. The monoisotopic (exact) mass is 253 g/mol. The number of nitrogen functional groups attached to an aromatic ring is 1. The third kappa shape index (κ3) is 3.38. The number of nitrogens with zero attached hydrogens (tertiary/aromatic N) is 3. The van der Waals surface area contributed by atoms with E-state index >= 15 is 0 Å². The van der Waals surface area contributed by atoms with Crippen LogP contribution in [0.1, 0.15) is 39.3 Å². The molecule has 0 unspecified atom stereocenters. The molecule has 0 aliphatic carbocycles. The summed E-state index contributed by atoms with van der Waals surface area (Å²) in [4.78, 5) is 2.29. The third-order valence-electron chi connectivity index (χ3n) is 3.30. The van der Waals surface area contributed by atoms with Gasteiger partial charge in [0.2, 0.25) is 0 Å². The molecule has 0 aromatic carbocycles. The van der Waals surface area contributed by atoms with Crippen LogP contribution in [0.5, 0.6) is 0 Å². The Morgan fingerprint density at radius 2 is 1.94 bits per heavy atom. The Hall–Kier alpha value is -1.23. The van der Waals surface area contributed by atoms with Gasteiger partial charge in [-0.2, -0.15) is 5.10 Å². The van der Waals surface area contributed by atoms with Gasteiger partial charge in [0.05, 0.1) is 11.4 Å². The summed E-state index contributed by atoms with van der Waals surface area (Å²) in [6.45, 7) is 10.4. The summed E-state index contributed by atoms with van der Waals surface area (Å²) >= 11 is 0. The molecule has 5 nitrogen and oxygen atoms in total. The predicted octanol–water partition coefficient (Wildman–Crippen LogP) is 1.88. The zero-order valence-corrected chi connectivity index (χ0v) is 12.5. The Labute approximate surface area is 110 Å². The third-order valence-corrected chi connectivity index (χ3v) is 3.30. The van der Waals surface area contributed by atoms with Crippen molar-refractivity contribution in [1.29, 1.82) is 0 Å². The quantitative estimate of drug-likeness (QED) is 0.812. The molecule has 1 aromatic heterocycles. The molecule has 1 heterocycles. The van der Waals surface area contributed by atoms with Crippen LogP contribution in [-0.4, -0.2) is 40.9 Å². The van der Waals surface area contributed by atoms with Crippen LogP contribution in [0.3, 0.4) is 0 Å². The Balaban J connectivity index is 2.63. The van der Waals surface area contributed by atoms with E-state index in [1.807, 2.05) is 11.7 Å². The lowest BCUT2D eigenvalue weighted by Crippen LogP contribution is -2.31. The first kappa shape index (κ1) is 14.8. The fraction of sp³-hybridized carbons (Fsp3) is 0.769. The zero-order chi connectivity index (χ0) is 13.9. The zero-order valence-electron chi connectivity index (χ0n) is 12.5. The molecule has 0 aliphatic heterocycles. The molecular formula is C13H27N5. The Morgan fingerprint density at radius 3 is 2.39 bits per heavy atom. The molecular weight excluding hydrogens is 226 g/mol. The number of aryl methyl sites for hydroxylation is 1. The van der Waals surface area contributed by atoms with Gasteiger partial charge in [-0.15, -0.1) is 0 Å². The van der Waals surface area contributed by atoms with Crippen molar-refractivity contribution in [3.05, 3.63) is 5.69 Å². The van der Waals surface area contributed by atoms with Gasteiger partial charge >= 0.3 is 0 Å². The van der Waals surface area contributed by atoms with E-state index in [0.717, 1.165) is 30.3 Å². The molecule has 1 rings (SSSR count). The maximum atomic E-state index is 6.12. The predicted molar refractivity (Wildman–Crippen MR) is 78.0 cm³/mol. The summed E-state index contributed by atoms with van der Waals surface area (Å²) in [7, 11) is 4.05. The highest BCUT2D eigenvalue weighted by Crippen LogP contribution is 2.27. The minimum absolute atomic E-state index is 0.352. The summed E-state index contributed by atoms with van der Waals surface area (Å²) in [5.41, 5.74) is 7.87. The Morgan fingerprint density at radius 1 is 1.33 bits per heavy atom. The van der Waals surface area contributed by atoms with Crippen LogP contribution < -0.4 is 11.1 Å². The Bertz CT molecular complexity index is 381. The number of hydrogen-bond acceptors (Lipinski definition) is 4. The smallest absolute Gasteiger partial charge is 0.147 e. The van der Waals surface area contributed by atoms with Gasteiger partial charge in [-0.25, -0.2) is 0 Å². The first-order valence-corrected chi connectivity index (χ1v) is 6.61. The van der Waals surface area contributed by atoms with Crippen LogP contribution >= 0.6 is 0 Å². The molecule has 0 saturated heterocycles. The number of hydrogen-bond donors (Lipinski definition) is 2. The van der Waals surface area contributed by atoms with E-state index in [0.29, 0.717) is 12.0 Å². The molecule has 0 amide bonds. The van der Waals surface area contributed by atoms with E-state index in [1.54, 1.807) is 0 Å². The first-order valence-electron chi connectivity index (χ1n) is 6.61. The molecule has 1 aromatic rings. The molecule has 0 saturated carbocycles. The summed E-state index contributed by atoms with van der Waals surface area (Å²) in [6, 6.07) is 0.557. The van der Waals surface area contributed by atoms with Gasteiger partial charge in [-0.05, 0) is 26.8 Å². The fourth-order valence-corrected chi connectivity index (χ4v) is 1.81. The molecule has 18 heavy (non-hydrogen) atoms. The molecule has 0 fully saturated rings. The van der Waals surface area contributed by atoms with Gasteiger partial charge in [0.1, 0.15) is 5.82 Å². The van der Waals surface area contributed by atoms with Gasteiger partial charge in [-0.1, -0.05) is 13.8 Å². The summed E-state index contributed by atoms with van der Waals surface area (Å²) in [6.07, 6.45) is 0. The van der Waals surface area contributed by atoms with Crippen LogP contribution in [0.15, 0.2) is 0 Å². The summed E-state index contributed by atoms with van der Waals surface area (Å²) < 4.78 is 1.83. The van der Waals surface area contributed by atoms with Crippen molar-refractivity contribution in [3.8, 4) is 0 Å². The van der Waals surface area contributed by atoms with Crippen LogP contribution in [0.2, 0.25) is 0 Å². The molecule has 0 bridgehead atoms. The van der Waals surface area contributed by atoms with E-state index in [4.69, 9.17) is 5.73 Å². The van der Waals surface area contributed by atoms with Gasteiger partial charge in [-0.3, -0.25) is 4.68 Å². The van der Waals surface area contributed by atoms with Crippen molar-refractivity contribution < 1.29 is 0 Å². The number of aromatic nitrogens is 2. The van der Waals surface area contributed by atoms with E-state index in [1.165, 1.54) is 0 Å². The maximum absolute atomic E-state index is 6.12. The second-order valence-electron chi connectivity index (χ2n) is 5.43.